The summed E-state index contributed by atoms with van der Waals surface area (Å²) in [7, 11) is 0. The van der Waals surface area contributed by atoms with Crippen LogP contribution in [0.2, 0.25) is 0 Å². The number of cyclic esters (lactones) is 1. The van der Waals surface area contributed by atoms with Crippen molar-refractivity contribution in [3.05, 3.63) is 53.5 Å². The third kappa shape index (κ3) is 2.39. The van der Waals surface area contributed by atoms with Crippen molar-refractivity contribution in [2.45, 2.75) is 26.3 Å². The van der Waals surface area contributed by atoms with Crippen LogP contribution in [0.25, 0.3) is 0 Å². The van der Waals surface area contributed by atoms with Gasteiger partial charge in [0.15, 0.2) is 5.76 Å². The number of hydrogen-bond acceptors (Lipinski definition) is 4. The summed E-state index contributed by atoms with van der Waals surface area (Å²) in [5.41, 5.74) is 2.73. The molecule has 0 saturated carbocycles. The number of furan rings is 1. The van der Waals surface area contributed by atoms with Gasteiger partial charge in [0.25, 0.3) is 5.91 Å². The molecule has 2 heterocycles. The van der Waals surface area contributed by atoms with Gasteiger partial charge in [0, 0.05) is 12.1 Å². The van der Waals surface area contributed by atoms with Crippen molar-refractivity contribution in [3.63, 3.8) is 0 Å². The molecule has 0 N–H and O–H groups in total. The predicted octanol–water partition coefficient (Wildman–Crippen LogP) is 2.86. The van der Waals surface area contributed by atoms with Crippen molar-refractivity contribution in [2.75, 3.05) is 11.5 Å². The van der Waals surface area contributed by atoms with E-state index in [1.54, 1.807) is 12.1 Å². The minimum Gasteiger partial charge on any atom is -0.464 e. The van der Waals surface area contributed by atoms with E-state index >= 15 is 0 Å². The van der Waals surface area contributed by atoms with Gasteiger partial charge in [-0.1, -0.05) is 12.1 Å². The van der Waals surface area contributed by atoms with Gasteiger partial charge in [0.1, 0.15) is 6.04 Å². The number of amides is 1. The average Bonchev–Trinajstić information content (AvgIpc) is 3.16. The van der Waals surface area contributed by atoms with E-state index in [-0.39, 0.29) is 17.6 Å². The van der Waals surface area contributed by atoms with Crippen molar-refractivity contribution < 1.29 is 18.7 Å². The first-order valence-corrected chi connectivity index (χ1v) is 7.19. The molecule has 22 heavy (non-hydrogen) atoms. The van der Waals surface area contributed by atoms with Crippen molar-refractivity contribution in [3.8, 4) is 0 Å². The van der Waals surface area contributed by atoms with Crippen LogP contribution in [0.1, 0.15) is 28.1 Å². The van der Waals surface area contributed by atoms with Gasteiger partial charge in [-0.15, -0.1) is 0 Å². The number of esters is 1. The maximum Gasteiger partial charge on any atom is 0.329 e. The molecule has 2 aromatic rings. The van der Waals surface area contributed by atoms with Crippen LogP contribution in [0.4, 0.5) is 5.69 Å². The fourth-order valence-corrected chi connectivity index (χ4v) is 2.65. The molecule has 5 heteroatoms. The second-order valence-electron chi connectivity index (χ2n) is 5.34. The average molecular weight is 299 g/mol. The Morgan fingerprint density at radius 2 is 2.05 bits per heavy atom. The van der Waals surface area contributed by atoms with E-state index < -0.39 is 6.04 Å². The molecule has 1 unspecified atom stereocenters. The van der Waals surface area contributed by atoms with Crippen molar-refractivity contribution in [1.82, 2.24) is 0 Å². The quantitative estimate of drug-likeness (QED) is 0.818. The normalized spacial score (nSPS) is 17.4. The molecule has 1 aromatic carbocycles. The largest absolute Gasteiger partial charge is 0.464 e. The van der Waals surface area contributed by atoms with Gasteiger partial charge < -0.3 is 9.15 Å². The molecule has 1 atom stereocenters. The summed E-state index contributed by atoms with van der Waals surface area (Å²) >= 11 is 0. The van der Waals surface area contributed by atoms with E-state index in [1.165, 1.54) is 11.2 Å². The van der Waals surface area contributed by atoms with E-state index in [2.05, 4.69) is 0 Å². The minimum absolute atomic E-state index is 0.209. The Morgan fingerprint density at radius 3 is 2.68 bits per heavy atom. The van der Waals surface area contributed by atoms with Crippen LogP contribution in [0.5, 0.6) is 0 Å². The van der Waals surface area contributed by atoms with Gasteiger partial charge in [0.05, 0.1) is 12.9 Å². The molecule has 1 fully saturated rings. The molecular weight excluding hydrogens is 282 g/mol. The summed E-state index contributed by atoms with van der Waals surface area (Å²) in [6.45, 7) is 4.24. The van der Waals surface area contributed by atoms with E-state index in [0.29, 0.717) is 18.7 Å². The van der Waals surface area contributed by atoms with Crippen LogP contribution in [-0.2, 0) is 9.53 Å². The number of ether oxygens (including phenoxy) is 1. The van der Waals surface area contributed by atoms with Gasteiger partial charge in [-0.2, -0.15) is 0 Å². The Bertz CT molecular complexity index is 705. The molecule has 0 radical (unpaired) electrons. The van der Waals surface area contributed by atoms with Gasteiger partial charge in [-0.05, 0) is 43.2 Å². The lowest BCUT2D eigenvalue weighted by molar-refractivity contribution is -0.139. The van der Waals surface area contributed by atoms with Gasteiger partial charge >= 0.3 is 5.97 Å². The summed E-state index contributed by atoms with van der Waals surface area (Å²) in [6.07, 6.45) is 1.93. The molecule has 0 spiro atoms. The highest BCUT2D eigenvalue weighted by Crippen LogP contribution is 2.29. The number of benzene rings is 1. The standard InChI is InChI=1S/C17H17NO4/c1-11-5-3-6-13(12(11)2)18(14-8-10-22-17(14)20)16(19)15-7-4-9-21-15/h3-7,9,14H,8,10H2,1-2H3. The third-order valence-corrected chi connectivity index (χ3v) is 4.01. The Balaban J connectivity index is 2.08. The number of nitrogens with zero attached hydrogens (tertiary/aromatic N) is 1. The zero-order valence-corrected chi connectivity index (χ0v) is 12.5. The molecule has 1 amide bonds. The van der Waals surface area contributed by atoms with Crippen LogP contribution < -0.4 is 4.90 Å². The lowest BCUT2D eigenvalue weighted by atomic mass is 10.0. The summed E-state index contributed by atoms with van der Waals surface area (Å²) in [5.74, 6) is -0.496. The monoisotopic (exact) mass is 299 g/mol. The number of rotatable bonds is 3. The summed E-state index contributed by atoms with van der Waals surface area (Å²) in [6, 6.07) is 8.33. The fraction of sp³-hybridized carbons (Fsp3) is 0.294. The molecular formula is C17H17NO4. The fourth-order valence-electron chi connectivity index (χ4n) is 2.65. The number of anilines is 1. The molecule has 114 valence electrons. The van der Waals surface area contributed by atoms with Gasteiger partial charge in [0.2, 0.25) is 0 Å². The van der Waals surface area contributed by atoms with E-state index in [4.69, 9.17) is 9.15 Å². The summed E-state index contributed by atoms with van der Waals surface area (Å²) in [5, 5.41) is 0. The van der Waals surface area contributed by atoms with Crippen LogP contribution >= 0.6 is 0 Å². The van der Waals surface area contributed by atoms with Crippen LogP contribution in [-0.4, -0.2) is 24.5 Å². The molecule has 1 aromatic heterocycles. The molecule has 5 nitrogen and oxygen atoms in total. The molecule has 1 saturated heterocycles. The number of aryl methyl sites for hydroxylation is 1. The van der Waals surface area contributed by atoms with E-state index in [0.717, 1.165) is 11.1 Å². The summed E-state index contributed by atoms with van der Waals surface area (Å²) in [4.78, 5) is 26.3. The van der Waals surface area contributed by atoms with E-state index in [9.17, 15) is 9.59 Å². The maximum atomic E-state index is 12.8. The minimum atomic E-state index is -0.613. The number of carbonyl (C=O) groups is 2. The van der Waals surface area contributed by atoms with Crippen LogP contribution in [0, 0.1) is 13.8 Å². The SMILES string of the molecule is Cc1cccc(N(C(=O)c2ccco2)C2CCOC2=O)c1C. The van der Waals surface area contributed by atoms with Gasteiger partial charge in [-0.25, -0.2) is 4.79 Å². The molecule has 1 aliphatic rings. The second kappa shape index (κ2) is 5.67. The zero-order chi connectivity index (χ0) is 15.7. The Kier molecular flexibility index (Phi) is 3.71. The highest BCUT2D eigenvalue weighted by Gasteiger charge is 2.38. The van der Waals surface area contributed by atoms with Crippen molar-refractivity contribution in [1.29, 1.82) is 0 Å². The summed E-state index contributed by atoms with van der Waals surface area (Å²) < 4.78 is 10.3. The Hall–Kier alpha value is -2.56. The first kappa shape index (κ1) is 14.4. The van der Waals surface area contributed by atoms with Crippen molar-refractivity contribution >= 4 is 17.6 Å². The van der Waals surface area contributed by atoms with Gasteiger partial charge in [-0.3, -0.25) is 9.69 Å². The zero-order valence-electron chi connectivity index (χ0n) is 12.5. The number of carbonyl (C=O) groups excluding carboxylic acids is 2. The molecule has 0 bridgehead atoms. The van der Waals surface area contributed by atoms with Crippen LogP contribution in [0.3, 0.4) is 0 Å². The predicted molar refractivity (Wildman–Crippen MR) is 80.8 cm³/mol. The third-order valence-electron chi connectivity index (χ3n) is 4.01. The smallest absolute Gasteiger partial charge is 0.329 e. The lowest BCUT2D eigenvalue weighted by Crippen LogP contribution is -2.43. The van der Waals surface area contributed by atoms with Crippen LogP contribution in [0.15, 0.2) is 41.0 Å². The Labute approximate surface area is 128 Å². The maximum absolute atomic E-state index is 12.8. The first-order valence-electron chi connectivity index (χ1n) is 7.19. The molecule has 0 aliphatic carbocycles. The Morgan fingerprint density at radius 1 is 1.23 bits per heavy atom. The number of hydrogen-bond donors (Lipinski definition) is 0. The van der Waals surface area contributed by atoms with E-state index in [1.807, 2.05) is 32.0 Å². The topological polar surface area (TPSA) is 59.8 Å². The first-order chi connectivity index (χ1) is 10.6. The second-order valence-corrected chi connectivity index (χ2v) is 5.34. The lowest BCUT2D eigenvalue weighted by Gasteiger charge is -2.27. The highest BCUT2D eigenvalue weighted by molar-refractivity contribution is 6.08. The molecule has 1 aliphatic heterocycles. The highest BCUT2D eigenvalue weighted by atomic mass is 16.5. The van der Waals surface area contributed by atoms with Crippen molar-refractivity contribution in [2.24, 2.45) is 0 Å². The molecule has 3 rings (SSSR count).